The van der Waals surface area contributed by atoms with E-state index in [2.05, 4.69) is 4.90 Å². The standard InChI is InChI=1S/C9H18N2O2/c1-4-11(13-3)9(12)8-6-5-7-10(8)2/h8H,4-7H2,1-3H3. The highest BCUT2D eigenvalue weighted by Crippen LogP contribution is 2.16. The molecule has 1 aliphatic heterocycles. The molecule has 1 unspecified atom stereocenters. The smallest absolute Gasteiger partial charge is 0.263 e. The van der Waals surface area contributed by atoms with Crippen molar-refractivity contribution in [1.82, 2.24) is 9.96 Å². The predicted molar refractivity (Wildman–Crippen MR) is 50.0 cm³/mol. The third-order valence-electron chi connectivity index (χ3n) is 2.56. The van der Waals surface area contributed by atoms with Gasteiger partial charge in [0.05, 0.1) is 13.2 Å². The second-order valence-corrected chi connectivity index (χ2v) is 3.35. The molecule has 1 saturated heterocycles. The number of likely N-dealkylation sites (N-methyl/N-ethyl adjacent to an activating group) is 2. The highest BCUT2D eigenvalue weighted by atomic mass is 16.7. The molecule has 0 aromatic rings. The molecule has 1 fully saturated rings. The zero-order valence-corrected chi connectivity index (χ0v) is 8.62. The Morgan fingerprint density at radius 2 is 2.38 bits per heavy atom. The van der Waals surface area contributed by atoms with Crippen LogP contribution in [0.5, 0.6) is 0 Å². The van der Waals surface area contributed by atoms with Crippen molar-refractivity contribution in [2.45, 2.75) is 25.8 Å². The molecule has 1 rings (SSSR count). The van der Waals surface area contributed by atoms with Crippen molar-refractivity contribution in [1.29, 1.82) is 0 Å². The maximum Gasteiger partial charge on any atom is 0.263 e. The van der Waals surface area contributed by atoms with E-state index in [1.807, 2.05) is 14.0 Å². The van der Waals surface area contributed by atoms with Crippen LogP contribution in [0.2, 0.25) is 0 Å². The number of nitrogens with zero attached hydrogens (tertiary/aromatic N) is 2. The van der Waals surface area contributed by atoms with E-state index in [-0.39, 0.29) is 11.9 Å². The maximum absolute atomic E-state index is 11.8. The molecule has 0 N–H and O–H groups in total. The average Bonchev–Trinajstić information content (AvgIpc) is 2.53. The fourth-order valence-electron chi connectivity index (χ4n) is 1.76. The predicted octanol–water partition coefficient (Wildman–Crippen LogP) is 0.490. The molecule has 0 radical (unpaired) electrons. The molecule has 0 spiro atoms. The number of rotatable bonds is 3. The number of hydrogen-bond acceptors (Lipinski definition) is 3. The van der Waals surface area contributed by atoms with Crippen molar-refractivity contribution in [2.24, 2.45) is 0 Å². The number of carbonyl (C=O) groups is 1. The highest BCUT2D eigenvalue weighted by molar-refractivity contribution is 5.81. The number of carbonyl (C=O) groups excluding carboxylic acids is 1. The Balaban J connectivity index is 2.54. The summed E-state index contributed by atoms with van der Waals surface area (Å²) in [6.07, 6.45) is 2.06. The van der Waals surface area contributed by atoms with Gasteiger partial charge in [0, 0.05) is 6.54 Å². The molecule has 13 heavy (non-hydrogen) atoms. The van der Waals surface area contributed by atoms with Gasteiger partial charge in [0.2, 0.25) is 0 Å². The van der Waals surface area contributed by atoms with Crippen LogP contribution < -0.4 is 0 Å². The van der Waals surface area contributed by atoms with Crippen LogP contribution in [0.4, 0.5) is 0 Å². The monoisotopic (exact) mass is 186 g/mol. The maximum atomic E-state index is 11.8. The Kier molecular flexibility index (Phi) is 3.69. The normalized spacial score (nSPS) is 23.5. The van der Waals surface area contributed by atoms with Crippen molar-refractivity contribution < 1.29 is 9.63 Å². The van der Waals surface area contributed by atoms with Gasteiger partial charge < -0.3 is 0 Å². The van der Waals surface area contributed by atoms with Gasteiger partial charge in [-0.05, 0) is 33.4 Å². The van der Waals surface area contributed by atoms with Gasteiger partial charge in [-0.3, -0.25) is 14.5 Å². The summed E-state index contributed by atoms with van der Waals surface area (Å²) < 4.78 is 0. The first-order valence-electron chi connectivity index (χ1n) is 4.76. The Morgan fingerprint density at radius 1 is 1.69 bits per heavy atom. The van der Waals surface area contributed by atoms with Crippen molar-refractivity contribution in [2.75, 3.05) is 27.2 Å². The van der Waals surface area contributed by atoms with E-state index in [1.165, 1.54) is 12.2 Å². The Labute approximate surface area is 79.4 Å². The summed E-state index contributed by atoms with van der Waals surface area (Å²) in [5.41, 5.74) is 0. The number of hydroxylamine groups is 2. The van der Waals surface area contributed by atoms with E-state index >= 15 is 0 Å². The molecule has 1 atom stereocenters. The quantitative estimate of drug-likeness (QED) is 0.601. The second-order valence-electron chi connectivity index (χ2n) is 3.35. The second kappa shape index (κ2) is 4.58. The van der Waals surface area contributed by atoms with Crippen LogP contribution in [0.3, 0.4) is 0 Å². The van der Waals surface area contributed by atoms with Crippen LogP contribution in [-0.2, 0) is 9.63 Å². The molecular formula is C9H18N2O2. The topological polar surface area (TPSA) is 32.8 Å². The first kappa shape index (κ1) is 10.5. The Morgan fingerprint density at radius 3 is 2.77 bits per heavy atom. The largest absolute Gasteiger partial charge is 0.295 e. The van der Waals surface area contributed by atoms with Gasteiger partial charge in [-0.2, -0.15) is 0 Å². The zero-order valence-electron chi connectivity index (χ0n) is 8.62. The minimum absolute atomic E-state index is 0.0277. The van der Waals surface area contributed by atoms with Crippen LogP contribution in [0.15, 0.2) is 0 Å². The fraction of sp³-hybridized carbons (Fsp3) is 0.889. The van der Waals surface area contributed by atoms with Crippen LogP contribution in [-0.4, -0.2) is 49.2 Å². The first-order valence-corrected chi connectivity index (χ1v) is 4.76. The Bertz CT molecular complexity index is 180. The van der Waals surface area contributed by atoms with E-state index in [4.69, 9.17) is 4.84 Å². The zero-order chi connectivity index (χ0) is 9.84. The van der Waals surface area contributed by atoms with Crippen LogP contribution in [0.25, 0.3) is 0 Å². The van der Waals surface area contributed by atoms with E-state index < -0.39 is 0 Å². The molecule has 1 heterocycles. The minimum Gasteiger partial charge on any atom is -0.295 e. The molecule has 0 aliphatic carbocycles. The van der Waals surface area contributed by atoms with Crippen molar-refractivity contribution >= 4 is 5.91 Å². The van der Waals surface area contributed by atoms with Crippen LogP contribution >= 0.6 is 0 Å². The highest BCUT2D eigenvalue weighted by Gasteiger charge is 2.30. The first-order chi connectivity index (χ1) is 6.20. The summed E-state index contributed by atoms with van der Waals surface area (Å²) in [6.45, 7) is 3.54. The number of hydrogen-bond donors (Lipinski definition) is 0. The fourth-order valence-corrected chi connectivity index (χ4v) is 1.76. The summed E-state index contributed by atoms with van der Waals surface area (Å²) in [7, 11) is 3.52. The molecule has 1 aliphatic rings. The molecular weight excluding hydrogens is 168 g/mol. The summed E-state index contributed by atoms with van der Waals surface area (Å²) in [6, 6.07) is 0.0277. The number of likely N-dealkylation sites (tertiary alicyclic amines) is 1. The molecule has 0 saturated carbocycles. The molecule has 4 nitrogen and oxygen atoms in total. The van der Waals surface area contributed by atoms with E-state index in [0.717, 1.165) is 19.4 Å². The molecule has 0 aromatic carbocycles. The molecule has 0 aromatic heterocycles. The summed E-state index contributed by atoms with van der Waals surface area (Å²) in [5.74, 6) is 0.0880. The van der Waals surface area contributed by atoms with Gasteiger partial charge in [0.15, 0.2) is 0 Å². The van der Waals surface area contributed by atoms with Crippen molar-refractivity contribution in [3.8, 4) is 0 Å². The molecule has 76 valence electrons. The van der Waals surface area contributed by atoms with Gasteiger partial charge in [-0.15, -0.1) is 0 Å². The lowest BCUT2D eigenvalue weighted by Gasteiger charge is -2.25. The SMILES string of the molecule is CCN(OC)C(=O)C1CCCN1C. The summed E-state index contributed by atoms with van der Waals surface area (Å²) >= 11 is 0. The van der Waals surface area contributed by atoms with Crippen molar-refractivity contribution in [3.63, 3.8) is 0 Å². The molecule has 0 bridgehead atoms. The van der Waals surface area contributed by atoms with E-state index in [0.29, 0.717) is 6.54 Å². The third kappa shape index (κ3) is 2.19. The summed E-state index contributed by atoms with van der Waals surface area (Å²) in [4.78, 5) is 18.8. The lowest BCUT2D eigenvalue weighted by atomic mass is 10.2. The average molecular weight is 186 g/mol. The lowest BCUT2D eigenvalue weighted by Crippen LogP contribution is -2.43. The van der Waals surface area contributed by atoms with Gasteiger partial charge in [0.25, 0.3) is 5.91 Å². The van der Waals surface area contributed by atoms with Gasteiger partial charge in [-0.25, -0.2) is 5.06 Å². The van der Waals surface area contributed by atoms with Crippen LogP contribution in [0, 0.1) is 0 Å². The van der Waals surface area contributed by atoms with Crippen LogP contribution in [0.1, 0.15) is 19.8 Å². The van der Waals surface area contributed by atoms with Gasteiger partial charge >= 0.3 is 0 Å². The lowest BCUT2D eigenvalue weighted by molar-refractivity contribution is -0.179. The van der Waals surface area contributed by atoms with Crippen molar-refractivity contribution in [3.05, 3.63) is 0 Å². The molecule has 4 heteroatoms. The Hall–Kier alpha value is -0.610. The van der Waals surface area contributed by atoms with Gasteiger partial charge in [-0.1, -0.05) is 0 Å². The van der Waals surface area contributed by atoms with Gasteiger partial charge in [0.1, 0.15) is 0 Å². The van der Waals surface area contributed by atoms with E-state index in [1.54, 1.807) is 0 Å². The van der Waals surface area contributed by atoms with E-state index in [9.17, 15) is 4.79 Å². The minimum atomic E-state index is 0.0277. The molecule has 1 amide bonds. The number of amides is 1. The summed E-state index contributed by atoms with van der Waals surface area (Å²) in [5, 5.41) is 1.42. The third-order valence-corrected chi connectivity index (χ3v) is 2.56.